The number of nitrogens with one attached hydrogen (secondary N) is 2. The van der Waals surface area contributed by atoms with Crippen molar-refractivity contribution < 1.29 is 8.78 Å². The van der Waals surface area contributed by atoms with Gasteiger partial charge in [-0.2, -0.15) is 0 Å². The summed E-state index contributed by atoms with van der Waals surface area (Å²) in [6.07, 6.45) is 15.8. The first-order valence-electron chi connectivity index (χ1n) is 12.0. The Morgan fingerprint density at radius 1 is 1.25 bits per heavy atom. The van der Waals surface area contributed by atoms with Crippen LogP contribution in [0.25, 0.3) is 22.2 Å². The number of allylic oxidation sites excluding steroid dienone is 11. The summed E-state index contributed by atoms with van der Waals surface area (Å²) >= 11 is 0. The number of rotatable bonds is 8. The molecule has 36 heavy (non-hydrogen) atoms. The van der Waals surface area contributed by atoms with Crippen LogP contribution in [0.5, 0.6) is 0 Å². The first-order chi connectivity index (χ1) is 17.2. The second-order valence-corrected chi connectivity index (χ2v) is 8.95. The van der Waals surface area contributed by atoms with Crippen LogP contribution in [0.4, 0.5) is 8.78 Å². The minimum atomic E-state index is -2.45. The van der Waals surface area contributed by atoms with Crippen LogP contribution in [-0.2, 0) is 0 Å². The van der Waals surface area contributed by atoms with E-state index in [1.807, 2.05) is 50.5 Å². The van der Waals surface area contributed by atoms with Crippen molar-refractivity contribution >= 4 is 27.9 Å². The monoisotopic (exact) mass is 488 g/mol. The number of nitrogens with zero attached hydrogens (tertiary/aromatic N) is 2. The summed E-state index contributed by atoms with van der Waals surface area (Å²) in [5, 5.41) is 3.72. The van der Waals surface area contributed by atoms with Crippen LogP contribution in [-0.4, -0.2) is 28.6 Å². The Labute approximate surface area is 212 Å². The fraction of sp³-hybridized carbons (Fsp3) is 0.267. The van der Waals surface area contributed by atoms with Crippen molar-refractivity contribution in [3.63, 3.8) is 0 Å². The average Bonchev–Trinajstić information content (AvgIpc) is 3.28. The Kier molecular flexibility index (Phi) is 9.12. The van der Waals surface area contributed by atoms with Gasteiger partial charge in [0.05, 0.1) is 6.54 Å². The summed E-state index contributed by atoms with van der Waals surface area (Å²) in [7, 11) is 0. The van der Waals surface area contributed by atoms with Gasteiger partial charge in [-0.3, -0.25) is 4.99 Å². The minimum Gasteiger partial charge on any atom is -0.380 e. The maximum Gasteiger partial charge on any atom is 0.255 e. The van der Waals surface area contributed by atoms with E-state index in [0.717, 1.165) is 39.0 Å². The molecule has 3 rings (SSSR count). The first-order valence-corrected chi connectivity index (χ1v) is 12.0. The minimum absolute atomic E-state index is 0.445. The van der Waals surface area contributed by atoms with E-state index < -0.39 is 13.0 Å². The largest absolute Gasteiger partial charge is 0.380 e. The van der Waals surface area contributed by atoms with E-state index in [1.54, 1.807) is 6.20 Å². The summed E-state index contributed by atoms with van der Waals surface area (Å²) < 4.78 is 25.4. The molecule has 2 aromatic rings. The van der Waals surface area contributed by atoms with Crippen LogP contribution < -0.4 is 5.32 Å². The van der Waals surface area contributed by atoms with Gasteiger partial charge in [-0.25, -0.2) is 13.8 Å². The molecule has 2 N–H and O–H groups in total. The number of H-pyrrole nitrogens is 1. The summed E-state index contributed by atoms with van der Waals surface area (Å²) in [6, 6.07) is 2.17. The zero-order valence-corrected chi connectivity index (χ0v) is 21.6. The van der Waals surface area contributed by atoms with Crippen LogP contribution in [0.15, 0.2) is 95.1 Å². The molecule has 2 aromatic heterocycles. The summed E-state index contributed by atoms with van der Waals surface area (Å²) in [6.45, 7) is 13.7. The Morgan fingerprint density at radius 2 is 2.03 bits per heavy atom. The number of fused-ring (bicyclic) bond motifs is 1. The van der Waals surface area contributed by atoms with Gasteiger partial charge in [0.2, 0.25) is 0 Å². The Bertz CT molecular complexity index is 1340. The maximum atomic E-state index is 12.7. The molecule has 188 valence electrons. The van der Waals surface area contributed by atoms with Gasteiger partial charge in [0.1, 0.15) is 5.65 Å². The third kappa shape index (κ3) is 6.66. The summed E-state index contributed by atoms with van der Waals surface area (Å²) in [4.78, 5) is 12.5. The molecule has 0 aliphatic carbocycles. The zero-order valence-electron chi connectivity index (χ0n) is 21.6. The number of halogens is 2. The molecule has 0 saturated heterocycles. The fourth-order valence-electron chi connectivity index (χ4n) is 4.10. The molecule has 3 heterocycles. The van der Waals surface area contributed by atoms with Crippen LogP contribution in [0.1, 0.15) is 52.2 Å². The molecule has 0 radical (unpaired) electrons. The Balaban J connectivity index is 2.05. The van der Waals surface area contributed by atoms with Gasteiger partial charge >= 0.3 is 0 Å². The lowest BCUT2D eigenvalue weighted by atomic mass is 9.94. The third-order valence-electron chi connectivity index (χ3n) is 5.89. The first kappa shape index (κ1) is 26.8. The molecule has 0 unspecified atom stereocenters. The van der Waals surface area contributed by atoms with Crippen LogP contribution in [0.2, 0.25) is 0 Å². The van der Waals surface area contributed by atoms with Crippen molar-refractivity contribution in [1.29, 1.82) is 0 Å². The number of hydrogen-bond acceptors (Lipinski definition) is 3. The smallest absolute Gasteiger partial charge is 0.255 e. The van der Waals surface area contributed by atoms with E-state index >= 15 is 0 Å². The molecule has 0 saturated carbocycles. The molecule has 1 aliphatic heterocycles. The van der Waals surface area contributed by atoms with Crippen molar-refractivity contribution in [2.24, 2.45) is 4.99 Å². The number of aliphatic imine (C=N–C) groups is 1. The molecule has 0 spiro atoms. The quantitative estimate of drug-likeness (QED) is 0.371. The van der Waals surface area contributed by atoms with E-state index in [4.69, 9.17) is 4.98 Å². The lowest BCUT2D eigenvalue weighted by Gasteiger charge is -2.12. The van der Waals surface area contributed by atoms with E-state index in [9.17, 15) is 8.78 Å². The molecule has 0 aromatic carbocycles. The van der Waals surface area contributed by atoms with Crippen LogP contribution >= 0.6 is 0 Å². The summed E-state index contributed by atoms with van der Waals surface area (Å²) in [5.41, 5.74) is 9.42. The number of hydrogen-bond donors (Lipinski definition) is 2. The predicted octanol–water partition coefficient (Wildman–Crippen LogP) is 7.94. The second kappa shape index (κ2) is 12.2. The van der Waals surface area contributed by atoms with E-state index in [0.29, 0.717) is 12.1 Å². The summed E-state index contributed by atoms with van der Waals surface area (Å²) in [5.74, 6) is 0. The van der Waals surface area contributed by atoms with Gasteiger partial charge < -0.3 is 10.3 Å². The van der Waals surface area contributed by atoms with E-state index in [-0.39, 0.29) is 0 Å². The number of aromatic nitrogens is 2. The number of alkyl halides is 2. The van der Waals surface area contributed by atoms with Gasteiger partial charge in [-0.05, 0) is 75.5 Å². The van der Waals surface area contributed by atoms with Crippen LogP contribution in [0, 0.1) is 0 Å². The third-order valence-corrected chi connectivity index (χ3v) is 5.89. The van der Waals surface area contributed by atoms with Crippen molar-refractivity contribution in [2.45, 2.75) is 47.5 Å². The molecule has 0 fully saturated rings. The molecule has 6 heteroatoms. The Hall–Kier alpha value is -3.80. The maximum absolute atomic E-state index is 12.7. The van der Waals surface area contributed by atoms with Gasteiger partial charge in [-0.1, -0.05) is 42.5 Å². The van der Waals surface area contributed by atoms with Gasteiger partial charge in [0.25, 0.3) is 6.43 Å². The highest BCUT2D eigenvalue weighted by Gasteiger charge is 2.14. The normalized spacial score (nSPS) is 20.0. The van der Waals surface area contributed by atoms with Crippen molar-refractivity contribution in [3.8, 4) is 0 Å². The van der Waals surface area contributed by atoms with Gasteiger partial charge in [-0.15, -0.1) is 0 Å². The van der Waals surface area contributed by atoms with E-state index in [1.165, 1.54) is 16.7 Å². The lowest BCUT2D eigenvalue weighted by molar-refractivity contribution is 0.150. The van der Waals surface area contributed by atoms with Crippen molar-refractivity contribution in [2.75, 3.05) is 6.54 Å². The average molecular weight is 489 g/mol. The van der Waals surface area contributed by atoms with Crippen LogP contribution in [0.3, 0.4) is 0 Å². The lowest BCUT2D eigenvalue weighted by Crippen LogP contribution is -2.21. The van der Waals surface area contributed by atoms with Gasteiger partial charge in [0, 0.05) is 46.5 Å². The molecular weight excluding hydrogens is 454 g/mol. The molecule has 0 bridgehead atoms. The van der Waals surface area contributed by atoms with Gasteiger partial charge in [0.15, 0.2) is 0 Å². The highest BCUT2D eigenvalue weighted by molar-refractivity contribution is 6.00. The van der Waals surface area contributed by atoms with Crippen molar-refractivity contribution in [1.82, 2.24) is 15.3 Å². The molecule has 0 amide bonds. The fourth-order valence-corrected chi connectivity index (χ4v) is 4.10. The van der Waals surface area contributed by atoms with Crippen molar-refractivity contribution in [3.05, 3.63) is 101 Å². The zero-order chi connectivity index (χ0) is 26.2. The number of pyridine rings is 1. The SMILES string of the molecule is C=C(NCC(F)F)/C1=C/N=C(C)\C=C/C(c2c[nH]c3ncc(C(=C(C)C)/C(C)=C\C=C/C)cc23)=C\C1. The highest BCUT2D eigenvalue weighted by Crippen LogP contribution is 2.32. The molecule has 1 aliphatic rings. The topological polar surface area (TPSA) is 53.1 Å². The standard InChI is InChI=1S/C30H34F2N4/c1-7-8-9-20(4)29(19(2)3)25-14-26-27(17-36-30(26)35-16-25)23-11-10-21(5)33-15-24(13-12-23)22(6)34-18-28(31)32/h7-12,14-17,28,34H,6,13,18H2,1-5H3,(H,35,36)/b8-7-,11-10-,20-9-,23-12+,24-15+,33-21-. The van der Waals surface area contributed by atoms with E-state index in [2.05, 4.69) is 60.9 Å². The predicted molar refractivity (Wildman–Crippen MR) is 149 cm³/mol. The second-order valence-electron chi connectivity index (χ2n) is 8.95. The molecule has 0 atom stereocenters. The highest BCUT2D eigenvalue weighted by atomic mass is 19.3. The Morgan fingerprint density at radius 3 is 2.72 bits per heavy atom. The molecular formula is C30H34F2N4. The number of aromatic amines is 1. The molecule has 4 nitrogen and oxygen atoms in total.